The summed E-state index contributed by atoms with van der Waals surface area (Å²) in [6.45, 7) is 1.40. The first kappa shape index (κ1) is 16.9. The summed E-state index contributed by atoms with van der Waals surface area (Å²) in [5.41, 5.74) is 1.66. The number of imide groups is 1. The van der Waals surface area contributed by atoms with Crippen LogP contribution in [0.1, 0.15) is 38.7 Å². The fraction of sp³-hybridized carbons (Fsp3) is 0.333. The van der Waals surface area contributed by atoms with Crippen LogP contribution in [0.5, 0.6) is 0 Å². The highest BCUT2D eigenvalue weighted by atomic mass is 16.2. The lowest BCUT2D eigenvalue weighted by Crippen LogP contribution is -2.51. The number of hydrogen-bond donors (Lipinski definition) is 0. The molecule has 0 aliphatic carbocycles. The lowest BCUT2D eigenvalue weighted by molar-refractivity contribution is -0.134. The van der Waals surface area contributed by atoms with Crippen molar-refractivity contribution in [1.29, 1.82) is 0 Å². The van der Waals surface area contributed by atoms with Gasteiger partial charge in [-0.15, -0.1) is 0 Å². The van der Waals surface area contributed by atoms with Crippen molar-refractivity contribution in [2.75, 3.05) is 19.6 Å². The van der Waals surface area contributed by atoms with Crippen molar-refractivity contribution in [3.05, 3.63) is 69.6 Å². The molecule has 1 saturated heterocycles. The maximum Gasteiger partial charge on any atom is 0.262 e. The van der Waals surface area contributed by atoms with Gasteiger partial charge in [0, 0.05) is 37.3 Å². The Bertz CT molecular complexity index is 1040. The van der Waals surface area contributed by atoms with Crippen molar-refractivity contribution >= 4 is 17.7 Å². The van der Waals surface area contributed by atoms with E-state index < -0.39 is 11.8 Å². The van der Waals surface area contributed by atoms with Gasteiger partial charge in [-0.2, -0.15) is 0 Å². The summed E-state index contributed by atoms with van der Waals surface area (Å²) in [4.78, 5) is 52.9. The number of benzene rings is 1. The topological polar surface area (TPSA) is 79.7 Å². The molecule has 28 heavy (non-hydrogen) atoms. The Balaban J connectivity index is 1.35. The van der Waals surface area contributed by atoms with E-state index in [4.69, 9.17) is 0 Å². The third-order valence-electron chi connectivity index (χ3n) is 6.00. The van der Waals surface area contributed by atoms with Gasteiger partial charge in [0.2, 0.25) is 5.91 Å². The minimum Gasteiger partial charge on any atom is -0.340 e. The number of nitrogens with zero attached hydrogens (tertiary/aromatic N) is 3. The first-order valence-corrected chi connectivity index (χ1v) is 9.45. The molecule has 0 unspecified atom stereocenters. The highest BCUT2D eigenvalue weighted by Crippen LogP contribution is 2.35. The largest absolute Gasteiger partial charge is 0.340 e. The molecule has 1 aromatic heterocycles. The molecule has 7 heteroatoms. The van der Waals surface area contributed by atoms with Gasteiger partial charge in [0.05, 0.1) is 11.1 Å². The van der Waals surface area contributed by atoms with Gasteiger partial charge in [0.15, 0.2) is 0 Å². The second-order valence-electron chi connectivity index (χ2n) is 7.74. The smallest absolute Gasteiger partial charge is 0.262 e. The number of likely N-dealkylation sites (tertiary alicyclic amines) is 1. The van der Waals surface area contributed by atoms with E-state index in [0.29, 0.717) is 30.8 Å². The average molecular weight is 377 g/mol. The molecule has 0 radical (unpaired) electrons. The number of pyridine rings is 1. The van der Waals surface area contributed by atoms with Crippen LogP contribution in [0, 0.1) is 5.92 Å². The van der Waals surface area contributed by atoms with Crippen molar-refractivity contribution in [2.24, 2.45) is 5.92 Å². The van der Waals surface area contributed by atoms with Gasteiger partial charge in [0.25, 0.3) is 17.4 Å². The van der Waals surface area contributed by atoms with E-state index in [9.17, 15) is 19.2 Å². The summed E-state index contributed by atoms with van der Waals surface area (Å²) in [5, 5.41) is 0. The SMILES string of the molecule is O=C(CN1C(=O)c2ccccc2C1=O)N1C[C@@H]2C[C@@H](C1)c1cccc(=O)n1C2. The molecule has 2 bridgehead atoms. The third kappa shape index (κ3) is 2.50. The summed E-state index contributed by atoms with van der Waals surface area (Å²) in [6.07, 6.45) is 0.945. The number of aromatic nitrogens is 1. The van der Waals surface area contributed by atoms with Crippen LogP contribution in [-0.4, -0.2) is 51.7 Å². The molecule has 0 saturated carbocycles. The maximum atomic E-state index is 12.9. The summed E-state index contributed by atoms with van der Waals surface area (Å²) in [5.74, 6) is -0.743. The molecule has 7 nitrogen and oxygen atoms in total. The molecule has 3 aliphatic rings. The van der Waals surface area contributed by atoms with Gasteiger partial charge >= 0.3 is 0 Å². The van der Waals surface area contributed by atoms with Crippen molar-refractivity contribution < 1.29 is 14.4 Å². The molecule has 142 valence electrons. The molecule has 3 aliphatic heterocycles. The van der Waals surface area contributed by atoms with E-state index in [-0.39, 0.29) is 29.8 Å². The highest BCUT2D eigenvalue weighted by molar-refractivity contribution is 6.22. The molecule has 1 aromatic carbocycles. The molecule has 0 spiro atoms. The zero-order valence-corrected chi connectivity index (χ0v) is 15.2. The molecular formula is C21H19N3O4. The van der Waals surface area contributed by atoms with Crippen LogP contribution >= 0.6 is 0 Å². The number of carbonyl (C=O) groups excluding carboxylic acids is 3. The molecule has 5 rings (SSSR count). The van der Waals surface area contributed by atoms with E-state index in [2.05, 4.69) is 0 Å². The summed E-state index contributed by atoms with van der Waals surface area (Å²) in [6, 6.07) is 11.9. The number of hydrogen-bond acceptors (Lipinski definition) is 4. The second-order valence-corrected chi connectivity index (χ2v) is 7.74. The van der Waals surface area contributed by atoms with Crippen LogP contribution in [0.25, 0.3) is 0 Å². The number of fused-ring (bicyclic) bond motifs is 5. The predicted octanol–water partition coefficient (Wildman–Crippen LogP) is 1.09. The average Bonchev–Trinajstić information content (AvgIpc) is 2.94. The van der Waals surface area contributed by atoms with Gasteiger partial charge in [0.1, 0.15) is 6.54 Å². The summed E-state index contributed by atoms with van der Waals surface area (Å²) < 4.78 is 1.81. The summed E-state index contributed by atoms with van der Waals surface area (Å²) in [7, 11) is 0. The Morgan fingerprint density at radius 3 is 2.32 bits per heavy atom. The molecule has 1 fully saturated rings. The van der Waals surface area contributed by atoms with Crippen LogP contribution in [-0.2, 0) is 11.3 Å². The molecule has 0 N–H and O–H groups in total. The fourth-order valence-corrected chi connectivity index (χ4v) is 4.72. The van der Waals surface area contributed by atoms with Crippen molar-refractivity contribution in [3.8, 4) is 0 Å². The summed E-state index contributed by atoms with van der Waals surface area (Å²) >= 11 is 0. The number of amides is 3. The lowest BCUT2D eigenvalue weighted by Gasteiger charge is -2.43. The fourth-order valence-electron chi connectivity index (χ4n) is 4.72. The Labute approximate surface area is 161 Å². The quantitative estimate of drug-likeness (QED) is 0.734. The number of rotatable bonds is 2. The molecule has 4 heterocycles. The van der Waals surface area contributed by atoms with E-state index in [0.717, 1.165) is 17.0 Å². The monoisotopic (exact) mass is 377 g/mol. The Morgan fingerprint density at radius 2 is 1.61 bits per heavy atom. The van der Waals surface area contributed by atoms with Crippen molar-refractivity contribution in [3.63, 3.8) is 0 Å². The van der Waals surface area contributed by atoms with Gasteiger partial charge in [-0.05, 0) is 30.5 Å². The zero-order chi connectivity index (χ0) is 19.4. The highest BCUT2D eigenvalue weighted by Gasteiger charge is 2.40. The van der Waals surface area contributed by atoms with E-state index >= 15 is 0 Å². The van der Waals surface area contributed by atoms with Crippen LogP contribution in [0.4, 0.5) is 0 Å². The first-order valence-electron chi connectivity index (χ1n) is 9.45. The van der Waals surface area contributed by atoms with Crippen LogP contribution < -0.4 is 5.56 Å². The van der Waals surface area contributed by atoms with Crippen molar-refractivity contribution in [1.82, 2.24) is 14.4 Å². The van der Waals surface area contributed by atoms with Gasteiger partial charge < -0.3 is 9.47 Å². The number of piperidine rings is 1. The maximum absolute atomic E-state index is 12.9. The van der Waals surface area contributed by atoms with E-state index in [1.807, 2.05) is 10.6 Å². The standard InChI is InChI=1S/C21H19N3O4/c25-18-7-3-6-17-14-8-13(10-23(17)18)9-22(11-14)19(26)12-24-20(27)15-4-1-2-5-16(15)21(24)28/h1-7,13-14H,8-12H2/t13-,14-/m0/s1. The normalized spacial score (nSPS) is 22.9. The third-order valence-corrected chi connectivity index (χ3v) is 6.00. The molecule has 2 aromatic rings. The first-order chi connectivity index (χ1) is 13.5. The van der Waals surface area contributed by atoms with Crippen LogP contribution in [0.2, 0.25) is 0 Å². The predicted molar refractivity (Wildman–Crippen MR) is 99.9 cm³/mol. The molecule has 3 amide bonds. The lowest BCUT2D eigenvalue weighted by atomic mass is 9.83. The van der Waals surface area contributed by atoms with Gasteiger partial charge in [-0.1, -0.05) is 18.2 Å². The number of carbonyl (C=O) groups is 3. The van der Waals surface area contributed by atoms with E-state index in [1.165, 1.54) is 0 Å². The Kier molecular flexibility index (Phi) is 3.72. The van der Waals surface area contributed by atoms with Crippen molar-refractivity contribution in [2.45, 2.75) is 18.9 Å². The minimum atomic E-state index is -0.414. The van der Waals surface area contributed by atoms with Gasteiger partial charge in [-0.25, -0.2) is 0 Å². The molecule has 2 atom stereocenters. The minimum absolute atomic E-state index is 0.00185. The van der Waals surface area contributed by atoms with Gasteiger partial charge in [-0.3, -0.25) is 24.1 Å². The zero-order valence-electron chi connectivity index (χ0n) is 15.2. The van der Waals surface area contributed by atoms with Crippen LogP contribution in [0.15, 0.2) is 47.3 Å². The van der Waals surface area contributed by atoms with Crippen LogP contribution in [0.3, 0.4) is 0 Å². The second kappa shape index (κ2) is 6.15. The Morgan fingerprint density at radius 1 is 0.893 bits per heavy atom. The molecular weight excluding hydrogens is 358 g/mol. The Hall–Kier alpha value is -3.22. The van der Waals surface area contributed by atoms with E-state index in [1.54, 1.807) is 41.3 Å².